The van der Waals surface area contributed by atoms with E-state index in [0.717, 1.165) is 6.07 Å². The predicted octanol–water partition coefficient (Wildman–Crippen LogP) is 0.622. The minimum Gasteiger partial charge on any atom is -0.403 e. The lowest BCUT2D eigenvalue weighted by Gasteiger charge is -2.17. The van der Waals surface area contributed by atoms with Gasteiger partial charge in [0.05, 0.1) is 18.0 Å². The van der Waals surface area contributed by atoms with E-state index >= 15 is 0 Å². The van der Waals surface area contributed by atoms with Crippen LogP contribution in [0.1, 0.15) is 17.4 Å². The first-order chi connectivity index (χ1) is 16.0. The highest BCUT2D eigenvalue weighted by Gasteiger charge is 2.44. The number of halogens is 2. The Morgan fingerprint density at radius 2 is 2.03 bits per heavy atom. The Bertz CT molecular complexity index is 1270. The standard InChI is InChI=1S/C18H20ClFN5O8P/c1-7-2-9(33-34(29,30)31)11(19)8(12(7)20)3-21-16-13-17(23-5-22-16)25(6-24-13)18-15(28)14(27)10(4-26)32-18/h2,5-6,10,14-15,18,26-28H,3-4H2,1H3,(H,21,22,23)(H2,29,30,31)/t10-,14-,15-,18-/m1/s1. The van der Waals surface area contributed by atoms with Gasteiger partial charge in [-0.25, -0.2) is 23.9 Å². The minimum absolute atomic E-state index is 0.0473. The predicted molar refractivity (Wildman–Crippen MR) is 114 cm³/mol. The smallest absolute Gasteiger partial charge is 0.403 e. The maximum absolute atomic E-state index is 14.7. The third-order valence-corrected chi connectivity index (χ3v) is 6.09. The zero-order valence-corrected chi connectivity index (χ0v) is 19.1. The van der Waals surface area contributed by atoms with Gasteiger partial charge in [0.1, 0.15) is 30.5 Å². The average Bonchev–Trinajstić information content (AvgIpc) is 3.32. The van der Waals surface area contributed by atoms with Gasteiger partial charge < -0.3 is 29.9 Å². The number of anilines is 1. The molecule has 4 atom stereocenters. The van der Waals surface area contributed by atoms with Gasteiger partial charge in [-0.2, -0.15) is 0 Å². The van der Waals surface area contributed by atoms with E-state index in [2.05, 4.69) is 24.8 Å². The molecule has 0 amide bonds. The second-order valence-corrected chi connectivity index (χ2v) is 9.05. The summed E-state index contributed by atoms with van der Waals surface area (Å²) in [5, 5.41) is 32.1. The molecule has 4 rings (SSSR count). The van der Waals surface area contributed by atoms with Gasteiger partial charge in [0.2, 0.25) is 0 Å². The summed E-state index contributed by atoms with van der Waals surface area (Å²) in [4.78, 5) is 30.5. The molecule has 0 unspecified atom stereocenters. The number of hydrogen-bond acceptors (Lipinski definition) is 10. The van der Waals surface area contributed by atoms with Crippen molar-refractivity contribution in [1.29, 1.82) is 0 Å². The third kappa shape index (κ3) is 4.59. The van der Waals surface area contributed by atoms with Crippen LogP contribution in [0.3, 0.4) is 0 Å². The van der Waals surface area contributed by atoms with Crippen molar-refractivity contribution in [2.75, 3.05) is 11.9 Å². The molecular formula is C18H20ClFN5O8P. The summed E-state index contributed by atoms with van der Waals surface area (Å²) in [6, 6.07) is 1.08. The molecule has 2 aromatic heterocycles. The molecule has 16 heteroatoms. The number of aliphatic hydroxyl groups is 3. The van der Waals surface area contributed by atoms with Crippen molar-refractivity contribution < 1.29 is 43.3 Å². The van der Waals surface area contributed by atoms with Gasteiger partial charge in [-0.05, 0) is 18.6 Å². The fourth-order valence-corrected chi connectivity index (χ4v) is 4.30. The van der Waals surface area contributed by atoms with Crippen molar-refractivity contribution in [3.63, 3.8) is 0 Å². The van der Waals surface area contributed by atoms with Crippen LogP contribution in [0.15, 0.2) is 18.7 Å². The molecule has 0 radical (unpaired) electrons. The lowest BCUT2D eigenvalue weighted by molar-refractivity contribution is -0.0511. The Morgan fingerprint density at radius 1 is 1.29 bits per heavy atom. The van der Waals surface area contributed by atoms with Gasteiger partial charge in [-0.15, -0.1) is 0 Å². The number of rotatable bonds is 7. The van der Waals surface area contributed by atoms with E-state index in [9.17, 15) is 24.3 Å². The van der Waals surface area contributed by atoms with Crippen LogP contribution in [-0.2, 0) is 15.8 Å². The number of phosphoric acid groups is 1. The van der Waals surface area contributed by atoms with E-state index in [1.54, 1.807) is 0 Å². The Balaban J connectivity index is 1.63. The van der Waals surface area contributed by atoms with Gasteiger partial charge in [0, 0.05) is 12.1 Å². The number of fused-ring (bicyclic) bond motifs is 1. The van der Waals surface area contributed by atoms with Gasteiger partial charge in [-0.3, -0.25) is 14.4 Å². The summed E-state index contributed by atoms with van der Waals surface area (Å²) in [5.41, 5.74) is 0.357. The van der Waals surface area contributed by atoms with Crippen molar-refractivity contribution in [1.82, 2.24) is 19.5 Å². The summed E-state index contributed by atoms with van der Waals surface area (Å²) in [6.45, 7) is 0.629. The molecule has 6 N–H and O–H groups in total. The zero-order chi connectivity index (χ0) is 24.8. The first-order valence-electron chi connectivity index (χ1n) is 9.78. The van der Waals surface area contributed by atoms with E-state index in [0.29, 0.717) is 0 Å². The van der Waals surface area contributed by atoms with Gasteiger partial charge in [-0.1, -0.05) is 11.6 Å². The molecule has 0 saturated carbocycles. The van der Waals surface area contributed by atoms with Crippen molar-refractivity contribution in [2.45, 2.75) is 38.0 Å². The Morgan fingerprint density at radius 3 is 2.68 bits per heavy atom. The Hall–Kier alpha value is -2.42. The van der Waals surface area contributed by atoms with E-state index in [1.807, 2.05) is 0 Å². The zero-order valence-electron chi connectivity index (χ0n) is 17.4. The van der Waals surface area contributed by atoms with Crippen LogP contribution in [0.25, 0.3) is 11.2 Å². The highest BCUT2D eigenvalue weighted by atomic mass is 35.5. The lowest BCUT2D eigenvalue weighted by atomic mass is 10.1. The normalized spacial score (nSPS) is 22.9. The monoisotopic (exact) mass is 519 g/mol. The van der Waals surface area contributed by atoms with Crippen LogP contribution in [0.4, 0.5) is 10.2 Å². The summed E-state index contributed by atoms with van der Waals surface area (Å²) >= 11 is 6.13. The first kappa shape index (κ1) is 24.7. The quantitative estimate of drug-likeness (QED) is 0.239. The largest absolute Gasteiger partial charge is 0.524 e. The maximum Gasteiger partial charge on any atom is 0.524 e. The van der Waals surface area contributed by atoms with Crippen LogP contribution >= 0.6 is 19.4 Å². The average molecular weight is 520 g/mol. The maximum atomic E-state index is 14.7. The molecule has 1 aliphatic rings. The number of aromatic nitrogens is 4. The molecule has 184 valence electrons. The van der Waals surface area contributed by atoms with E-state index in [4.69, 9.17) is 26.1 Å². The van der Waals surface area contributed by atoms with Crippen LogP contribution in [-0.4, -0.2) is 69.5 Å². The van der Waals surface area contributed by atoms with E-state index < -0.39 is 44.8 Å². The number of benzene rings is 1. The number of hydrogen-bond donors (Lipinski definition) is 6. The van der Waals surface area contributed by atoms with E-state index in [1.165, 1.54) is 24.1 Å². The van der Waals surface area contributed by atoms with Crippen molar-refractivity contribution in [2.24, 2.45) is 0 Å². The SMILES string of the molecule is Cc1cc(OP(=O)(O)O)c(Cl)c(CNc2ncnc3c2ncn3[C@@H]2O[C@H](CO)[C@@H](O)[C@H]2O)c1F. The molecule has 34 heavy (non-hydrogen) atoms. The fourth-order valence-electron chi connectivity index (χ4n) is 3.61. The van der Waals surface area contributed by atoms with Crippen molar-refractivity contribution >= 4 is 36.4 Å². The van der Waals surface area contributed by atoms with Gasteiger partial charge in [0.15, 0.2) is 29.0 Å². The summed E-state index contributed by atoms with van der Waals surface area (Å²) in [7, 11) is -4.93. The van der Waals surface area contributed by atoms with Crippen LogP contribution < -0.4 is 9.84 Å². The molecule has 0 bridgehead atoms. The number of nitrogens with one attached hydrogen (secondary N) is 1. The second-order valence-electron chi connectivity index (χ2n) is 7.51. The highest BCUT2D eigenvalue weighted by Crippen LogP contribution is 2.43. The molecular weight excluding hydrogens is 500 g/mol. The molecule has 1 aliphatic heterocycles. The van der Waals surface area contributed by atoms with Crippen LogP contribution in [0, 0.1) is 12.7 Å². The molecule has 1 saturated heterocycles. The number of nitrogens with zero attached hydrogens (tertiary/aromatic N) is 4. The molecule has 3 heterocycles. The number of aliphatic hydroxyl groups excluding tert-OH is 3. The Kier molecular flexibility index (Phi) is 6.77. The molecule has 1 aromatic carbocycles. The molecule has 1 fully saturated rings. The summed E-state index contributed by atoms with van der Waals surface area (Å²) in [5.74, 6) is -0.935. The van der Waals surface area contributed by atoms with Gasteiger partial charge in [0.25, 0.3) is 0 Å². The van der Waals surface area contributed by atoms with Crippen molar-refractivity contribution in [3.05, 3.63) is 40.7 Å². The molecule has 3 aromatic rings. The summed E-state index contributed by atoms with van der Waals surface area (Å²) in [6.07, 6.45) is -2.25. The molecule has 0 aliphatic carbocycles. The second kappa shape index (κ2) is 9.32. The lowest BCUT2D eigenvalue weighted by Crippen LogP contribution is -2.33. The number of imidazole rings is 1. The third-order valence-electron chi connectivity index (χ3n) is 5.24. The number of ether oxygens (including phenoxy) is 1. The summed E-state index contributed by atoms with van der Waals surface area (Å²) < 4.78 is 37.3. The number of aryl methyl sites for hydroxylation is 1. The number of phosphoric ester groups is 1. The fraction of sp³-hybridized carbons (Fsp3) is 0.389. The van der Waals surface area contributed by atoms with Crippen LogP contribution in [0.5, 0.6) is 5.75 Å². The van der Waals surface area contributed by atoms with Gasteiger partial charge >= 0.3 is 7.82 Å². The Labute approximate surface area is 196 Å². The molecule has 13 nitrogen and oxygen atoms in total. The molecule has 0 spiro atoms. The van der Waals surface area contributed by atoms with Crippen molar-refractivity contribution in [3.8, 4) is 5.75 Å². The van der Waals surface area contributed by atoms with Crippen LogP contribution in [0.2, 0.25) is 5.02 Å². The highest BCUT2D eigenvalue weighted by molar-refractivity contribution is 7.46. The first-order valence-corrected chi connectivity index (χ1v) is 11.7. The topological polar surface area (TPSA) is 192 Å². The van der Waals surface area contributed by atoms with E-state index in [-0.39, 0.29) is 45.4 Å². The minimum atomic E-state index is -4.93.